The summed E-state index contributed by atoms with van der Waals surface area (Å²) < 4.78 is 6.34. The fourth-order valence-corrected chi connectivity index (χ4v) is 2.86. The Labute approximate surface area is 176 Å². The number of anilines is 1. The lowest BCUT2D eigenvalue weighted by atomic mass is 10.2. The van der Waals surface area contributed by atoms with Gasteiger partial charge in [-0.15, -0.1) is 0 Å². The van der Waals surface area contributed by atoms with Gasteiger partial charge < -0.3 is 15.2 Å². The number of unbranched alkanes of at least 4 members (excludes halogenated alkanes) is 1. The number of amides is 1. The highest BCUT2D eigenvalue weighted by atomic mass is 127. The van der Waals surface area contributed by atoms with E-state index in [1.54, 1.807) is 36.4 Å². The van der Waals surface area contributed by atoms with E-state index in [0.29, 0.717) is 23.6 Å². The van der Waals surface area contributed by atoms with Gasteiger partial charge >= 0.3 is 5.97 Å². The van der Waals surface area contributed by atoms with Crippen LogP contribution in [-0.4, -0.2) is 28.7 Å². The first-order valence-electron chi connectivity index (χ1n) is 8.28. The van der Waals surface area contributed by atoms with Crippen LogP contribution in [0.1, 0.15) is 40.5 Å². The third-order valence-corrected chi connectivity index (χ3v) is 4.45. The molecule has 2 aromatic rings. The van der Waals surface area contributed by atoms with Gasteiger partial charge in [0.05, 0.1) is 17.9 Å². The number of carbonyl (C=O) groups excluding carboxylic acids is 1. The van der Waals surface area contributed by atoms with E-state index in [0.717, 1.165) is 16.4 Å². The van der Waals surface area contributed by atoms with Gasteiger partial charge in [-0.25, -0.2) is 4.79 Å². The first-order valence-corrected chi connectivity index (χ1v) is 9.77. The van der Waals surface area contributed by atoms with Crippen LogP contribution in [0.3, 0.4) is 0 Å². The molecule has 1 amide bonds. The van der Waals surface area contributed by atoms with E-state index < -0.39 is 11.9 Å². The van der Waals surface area contributed by atoms with E-state index >= 15 is 0 Å². The van der Waals surface area contributed by atoms with E-state index in [9.17, 15) is 14.7 Å². The van der Waals surface area contributed by atoms with Crippen LogP contribution in [-0.2, 0) is 0 Å². The molecule has 0 aliphatic carbocycles. The molecule has 0 radical (unpaired) electrons. The maximum atomic E-state index is 12.3. The Morgan fingerprint density at radius 1 is 1.19 bits per heavy atom. The molecular formula is C19H19IN2O4S. The highest BCUT2D eigenvalue weighted by Crippen LogP contribution is 2.19. The van der Waals surface area contributed by atoms with Gasteiger partial charge in [0, 0.05) is 9.13 Å². The topological polar surface area (TPSA) is 87.7 Å². The van der Waals surface area contributed by atoms with E-state index in [1.807, 2.05) is 22.6 Å². The molecule has 0 atom stereocenters. The average Bonchev–Trinajstić information content (AvgIpc) is 2.63. The number of rotatable bonds is 7. The average molecular weight is 498 g/mol. The van der Waals surface area contributed by atoms with Crippen LogP contribution in [0.5, 0.6) is 5.75 Å². The van der Waals surface area contributed by atoms with Crippen LogP contribution in [0.4, 0.5) is 5.69 Å². The van der Waals surface area contributed by atoms with Crippen LogP contribution in [0.2, 0.25) is 0 Å². The normalized spacial score (nSPS) is 10.1. The largest absolute Gasteiger partial charge is 0.494 e. The number of carboxylic acid groups (broad SMARTS) is 1. The second-order valence-electron chi connectivity index (χ2n) is 5.63. The van der Waals surface area contributed by atoms with Crippen LogP contribution in [0, 0.1) is 3.57 Å². The van der Waals surface area contributed by atoms with Crippen molar-refractivity contribution >= 4 is 57.5 Å². The quantitative estimate of drug-likeness (QED) is 0.300. The molecule has 0 aliphatic rings. The number of ether oxygens (including phenoxy) is 1. The predicted molar refractivity (Wildman–Crippen MR) is 117 cm³/mol. The molecule has 0 spiro atoms. The Morgan fingerprint density at radius 3 is 2.52 bits per heavy atom. The monoisotopic (exact) mass is 498 g/mol. The number of benzene rings is 2. The maximum Gasteiger partial charge on any atom is 0.337 e. The smallest absolute Gasteiger partial charge is 0.337 e. The number of hydrogen-bond acceptors (Lipinski definition) is 4. The van der Waals surface area contributed by atoms with Gasteiger partial charge in [-0.1, -0.05) is 13.3 Å². The van der Waals surface area contributed by atoms with E-state index in [2.05, 4.69) is 17.6 Å². The Kier molecular flexibility index (Phi) is 7.99. The molecule has 8 heteroatoms. The summed E-state index contributed by atoms with van der Waals surface area (Å²) in [5, 5.41) is 14.6. The zero-order valence-electron chi connectivity index (χ0n) is 14.6. The van der Waals surface area contributed by atoms with Gasteiger partial charge in [0.15, 0.2) is 5.11 Å². The molecule has 6 nitrogen and oxygen atoms in total. The first kappa shape index (κ1) is 21.1. The highest BCUT2D eigenvalue weighted by molar-refractivity contribution is 14.1. The third kappa shape index (κ3) is 6.47. The van der Waals surface area contributed by atoms with Crippen LogP contribution in [0.15, 0.2) is 42.5 Å². The van der Waals surface area contributed by atoms with E-state index in [1.165, 1.54) is 6.07 Å². The minimum atomic E-state index is -1.08. The number of hydrogen-bond donors (Lipinski definition) is 3. The molecule has 2 rings (SSSR count). The molecule has 0 aliphatic heterocycles. The van der Waals surface area contributed by atoms with Crippen molar-refractivity contribution in [3.8, 4) is 5.75 Å². The van der Waals surface area contributed by atoms with Crippen LogP contribution in [0.25, 0.3) is 0 Å². The summed E-state index contributed by atoms with van der Waals surface area (Å²) in [6.45, 7) is 2.72. The molecular weight excluding hydrogens is 479 g/mol. The molecule has 0 fully saturated rings. The van der Waals surface area contributed by atoms with Crippen molar-refractivity contribution in [1.29, 1.82) is 0 Å². The highest BCUT2D eigenvalue weighted by Gasteiger charge is 2.13. The summed E-state index contributed by atoms with van der Waals surface area (Å²) in [4.78, 5) is 23.6. The van der Waals surface area contributed by atoms with Crippen LogP contribution >= 0.6 is 34.8 Å². The van der Waals surface area contributed by atoms with Crippen molar-refractivity contribution in [2.24, 2.45) is 0 Å². The molecule has 142 valence electrons. The SMILES string of the molecule is CCCCOc1ccc(C(=O)NC(=S)Nc2ccc(I)cc2C(=O)O)cc1. The lowest BCUT2D eigenvalue weighted by molar-refractivity contribution is 0.0697. The van der Waals surface area contributed by atoms with Crippen molar-refractivity contribution in [2.75, 3.05) is 11.9 Å². The van der Waals surface area contributed by atoms with Gasteiger partial charge in [-0.2, -0.15) is 0 Å². The standard InChI is InChI=1S/C19H19IN2O4S/c1-2-3-10-26-14-7-4-12(5-8-14)17(23)22-19(27)21-16-9-6-13(20)11-15(16)18(24)25/h4-9,11H,2-3,10H2,1H3,(H,24,25)(H2,21,22,23,27). The summed E-state index contributed by atoms with van der Waals surface area (Å²) in [6, 6.07) is 11.6. The molecule has 0 aromatic heterocycles. The Hall–Kier alpha value is -2.20. The number of aromatic carboxylic acids is 1. The second kappa shape index (κ2) is 10.2. The summed E-state index contributed by atoms with van der Waals surface area (Å²) in [5.41, 5.74) is 0.808. The summed E-state index contributed by atoms with van der Waals surface area (Å²) >= 11 is 7.15. The zero-order valence-corrected chi connectivity index (χ0v) is 17.6. The number of carboxylic acids is 1. The fourth-order valence-electron chi connectivity index (χ4n) is 2.17. The summed E-state index contributed by atoms with van der Waals surface area (Å²) in [7, 11) is 0. The zero-order chi connectivity index (χ0) is 19.8. The molecule has 3 N–H and O–H groups in total. The number of thiocarbonyl (C=S) groups is 1. The molecule has 0 saturated heterocycles. The van der Waals surface area contributed by atoms with Crippen molar-refractivity contribution in [3.05, 3.63) is 57.2 Å². The van der Waals surface area contributed by atoms with Crippen LogP contribution < -0.4 is 15.4 Å². The lowest BCUT2D eigenvalue weighted by Gasteiger charge is -2.12. The first-order chi connectivity index (χ1) is 12.9. The second-order valence-corrected chi connectivity index (χ2v) is 7.28. The fraction of sp³-hybridized carbons (Fsp3) is 0.211. The molecule has 0 heterocycles. The minimum absolute atomic E-state index is 0.0204. The Morgan fingerprint density at radius 2 is 1.89 bits per heavy atom. The van der Waals surface area contributed by atoms with Gasteiger partial charge in [0.2, 0.25) is 0 Å². The molecule has 0 unspecified atom stereocenters. The van der Waals surface area contributed by atoms with Gasteiger partial charge in [0.1, 0.15) is 5.75 Å². The van der Waals surface area contributed by atoms with E-state index in [-0.39, 0.29) is 10.7 Å². The van der Waals surface area contributed by atoms with Crippen molar-refractivity contribution < 1.29 is 19.4 Å². The molecule has 0 saturated carbocycles. The Bertz CT molecular complexity index is 840. The van der Waals surface area contributed by atoms with Crippen molar-refractivity contribution in [2.45, 2.75) is 19.8 Å². The van der Waals surface area contributed by atoms with Gasteiger partial charge in [-0.3, -0.25) is 10.1 Å². The minimum Gasteiger partial charge on any atom is -0.494 e. The third-order valence-electron chi connectivity index (χ3n) is 3.57. The lowest BCUT2D eigenvalue weighted by Crippen LogP contribution is -2.34. The number of halogens is 1. The van der Waals surface area contributed by atoms with E-state index in [4.69, 9.17) is 17.0 Å². The number of carbonyl (C=O) groups is 2. The maximum absolute atomic E-state index is 12.3. The predicted octanol–water partition coefficient (Wildman–Crippen LogP) is 4.30. The number of nitrogens with one attached hydrogen (secondary N) is 2. The van der Waals surface area contributed by atoms with Gasteiger partial charge in [-0.05, 0) is 83.7 Å². The molecule has 0 bridgehead atoms. The van der Waals surface area contributed by atoms with Crippen molar-refractivity contribution in [1.82, 2.24) is 5.32 Å². The summed E-state index contributed by atoms with van der Waals surface area (Å²) in [5.74, 6) is -0.774. The van der Waals surface area contributed by atoms with Crippen molar-refractivity contribution in [3.63, 3.8) is 0 Å². The van der Waals surface area contributed by atoms with Gasteiger partial charge in [0.25, 0.3) is 5.91 Å². The summed E-state index contributed by atoms with van der Waals surface area (Å²) in [6.07, 6.45) is 2.02. The Balaban J connectivity index is 1.98. The molecule has 27 heavy (non-hydrogen) atoms. The molecule has 2 aromatic carbocycles.